The first-order chi connectivity index (χ1) is 11.8. The highest BCUT2D eigenvalue weighted by atomic mass is 16.5. The third-order valence-corrected chi connectivity index (χ3v) is 4.12. The van der Waals surface area contributed by atoms with E-state index < -0.39 is 0 Å². The standard InChI is InChI=1S/C17H19N5O2/c1-12-19-17(24-21-12)15-11-23-8-7-22(15)10-14-9-18-16(20-14)13-5-3-2-4-6-13/h2-6,9,15H,7-8,10-11H2,1H3,(H,18,20). The first kappa shape index (κ1) is 15.0. The molecule has 1 aliphatic heterocycles. The predicted octanol–water partition coefficient (Wildman–Crippen LogP) is 2.34. The molecule has 0 spiro atoms. The fourth-order valence-electron chi connectivity index (χ4n) is 2.90. The number of morpholine rings is 1. The fraction of sp³-hybridized carbons (Fsp3) is 0.353. The second-order valence-electron chi connectivity index (χ2n) is 5.86. The van der Waals surface area contributed by atoms with Gasteiger partial charge in [-0.25, -0.2) is 4.98 Å². The van der Waals surface area contributed by atoms with Crippen molar-refractivity contribution in [2.75, 3.05) is 19.8 Å². The Morgan fingerprint density at radius 3 is 2.96 bits per heavy atom. The van der Waals surface area contributed by atoms with Crippen LogP contribution in [0.5, 0.6) is 0 Å². The van der Waals surface area contributed by atoms with Crippen LogP contribution < -0.4 is 0 Å². The van der Waals surface area contributed by atoms with Gasteiger partial charge in [0.05, 0.1) is 13.2 Å². The highest BCUT2D eigenvalue weighted by Gasteiger charge is 2.29. The van der Waals surface area contributed by atoms with Crippen molar-refractivity contribution in [2.24, 2.45) is 0 Å². The van der Waals surface area contributed by atoms with Gasteiger partial charge in [-0.2, -0.15) is 4.98 Å². The van der Waals surface area contributed by atoms with Crippen molar-refractivity contribution in [3.05, 3.63) is 53.9 Å². The zero-order chi connectivity index (χ0) is 16.4. The van der Waals surface area contributed by atoms with Crippen molar-refractivity contribution in [1.29, 1.82) is 0 Å². The monoisotopic (exact) mass is 325 g/mol. The highest BCUT2D eigenvalue weighted by Crippen LogP contribution is 2.25. The lowest BCUT2D eigenvalue weighted by Crippen LogP contribution is -2.39. The zero-order valence-corrected chi connectivity index (χ0v) is 13.5. The lowest BCUT2D eigenvalue weighted by atomic mass is 10.2. The smallest absolute Gasteiger partial charge is 0.246 e. The summed E-state index contributed by atoms with van der Waals surface area (Å²) in [5, 5.41) is 3.89. The Morgan fingerprint density at radius 2 is 2.17 bits per heavy atom. The van der Waals surface area contributed by atoms with Crippen molar-refractivity contribution in [3.63, 3.8) is 0 Å². The molecule has 1 aliphatic rings. The fourth-order valence-corrected chi connectivity index (χ4v) is 2.90. The summed E-state index contributed by atoms with van der Waals surface area (Å²) in [4.78, 5) is 14.5. The normalized spacial score (nSPS) is 18.8. The van der Waals surface area contributed by atoms with Crippen LogP contribution in [0.4, 0.5) is 0 Å². The molecule has 24 heavy (non-hydrogen) atoms. The average Bonchev–Trinajstić information content (AvgIpc) is 3.25. The summed E-state index contributed by atoms with van der Waals surface area (Å²) in [7, 11) is 0. The number of aromatic nitrogens is 4. The number of ether oxygens (including phenoxy) is 1. The van der Waals surface area contributed by atoms with Crippen LogP contribution in [0.15, 0.2) is 41.1 Å². The van der Waals surface area contributed by atoms with E-state index in [1.54, 1.807) is 0 Å². The molecular weight excluding hydrogens is 306 g/mol. The van der Waals surface area contributed by atoms with E-state index in [1.807, 2.05) is 43.5 Å². The second kappa shape index (κ2) is 6.54. The van der Waals surface area contributed by atoms with Gasteiger partial charge >= 0.3 is 0 Å². The van der Waals surface area contributed by atoms with E-state index in [1.165, 1.54) is 0 Å². The maximum atomic E-state index is 5.59. The van der Waals surface area contributed by atoms with E-state index in [0.717, 1.165) is 30.2 Å². The van der Waals surface area contributed by atoms with E-state index in [0.29, 0.717) is 24.9 Å². The molecule has 7 nitrogen and oxygen atoms in total. The number of aromatic amines is 1. The van der Waals surface area contributed by atoms with E-state index in [2.05, 4.69) is 25.0 Å². The van der Waals surface area contributed by atoms with Gasteiger partial charge in [0.2, 0.25) is 5.89 Å². The zero-order valence-electron chi connectivity index (χ0n) is 13.5. The van der Waals surface area contributed by atoms with Crippen LogP contribution in [0.25, 0.3) is 11.4 Å². The minimum absolute atomic E-state index is 0.0246. The van der Waals surface area contributed by atoms with E-state index >= 15 is 0 Å². The molecule has 2 aromatic heterocycles. The number of H-pyrrole nitrogens is 1. The molecule has 0 radical (unpaired) electrons. The molecule has 3 heterocycles. The Kier molecular flexibility index (Phi) is 4.10. The Morgan fingerprint density at radius 1 is 1.29 bits per heavy atom. The summed E-state index contributed by atoms with van der Waals surface area (Å²) >= 11 is 0. The number of nitrogens with one attached hydrogen (secondary N) is 1. The molecule has 0 aliphatic carbocycles. The van der Waals surface area contributed by atoms with Gasteiger partial charge in [0.15, 0.2) is 5.82 Å². The molecule has 0 amide bonds. The molecule has 124 valence electrons. The molecular formula is C17H19N5O2. The van der Waals surface area contributed by atoms with Crippen molar-refractivity contribution in [2.45, 2.75) is 19.5 Å². The van der Waals surface area contributed by atoms with E-state index in [4.69, 9.17) is 9.26 Å². The Bertz CT molecular complexity index is 798. The number of imidazole rings is 1. The molecule has 3 aromatic rings. The van der Waals surface area contributed by atoms with Crippen LogP contribution >= 0.6 is 0 Å². The van der Waals surface area contributed by atoms with Crippen LogP contribution in [-0.4, -0.2) is 44.8 Å². The number of aryl methyl sites for hydroxylation is 1. The largest absolute Gasteiger partial charge is 0.378 e. The molecule has 0 bridgehead atoms. The quantitative estimate of drug-likeness (QED) is 0.793. The Labute approximate surface area is 139 Å². The second-order valence-corrected chi connectivity index (χ2v) is 5.86. The maximum Gasteiger partial charge on any atom is 0.246 e. The number of rotatable bonds is 4. The van der Waals surface area contributed by atoms with Crippen molar-refractivity contribution < 1.29 is 9.26 Å². The summed E-state index contributed by atoms with van der Waals surface area (Å²) in [6.07, 6.45) is 1.88. The molecule has 1 unspecified atom stereocenters. The van der Waals surface area contributed by atoms with Gasteiger partial charge in [-0.05, 0) is 6.92 Å². The van der Waals surface area contributed by atoms with Crippen LogP contribution in [0, 0.1) is 6.92 Å². The van der Waals surface area contributed by atoms with E-state index in [9.17, 15) is 0 Å². The topological polar surface area (TPSA) is 80.1 Å². The molecule has 1 aromatic carbocycles. The van der Waals surface area contributed by atoms with Crippen LogP contribution in [-0.2, 0) is 11.3 Å². The first-order valence-electron chi connectivity index (χ1n) is 8.01. The molecule has 4 rings (SSSR count). The van der Waals surface area contributed by atoms with Gasteiger partial charge in [-0.1, -0.05) is 35.5 Å². The molecule has 7 heteroatoms. The summed E-state index contributed by atoms with van der Waals surface area (Å²) in [5.41, 5.74) is 2.13. The van der Waals surface area contributed by atoms with Crippen molar-refractivity contribution >= 4 is 0 Å². The summed E-state index contributed by atoms with van der Waals surface area (Å²) in [5.74, 6) is 2.13. The third kappa shape index (κ3) is 3.08. The van der Waals surface area contributed by atoms with Crippen molar-refractivity contribution in [1.82, 2.24) is 25.0 Å². The van der Waals surface area contributed by atoms with Gasteiger partial charge in [0.1, 0.15) is 11.9 Å². The lowest BCUT2D eigenvalue weighted by Gasteiger charge is -2.32. The first-order valence-corrected chi connectivity index (χ1v) is 8.01. The Balaban J connectivity index is 1.52. The van der Waals surface area contributed by atoms with Gasteiger partial charge < -0.3 is 14.2 Å². The SMILES string of the molecule is Cc1noc(C2COCCN2Cc2cnc(-c3ccccc3)[nH]2)n1. The van der Waals surface area contributed by atoms with Crippen LogP contribution in [0.3, 0.4) is 0 Å². The van der Waals surface area contributed by atoms with Gasteiger partial charge in [-0.3, -0.25) is 4.90 Å². The van der Waals surface area contributed by atoms with Crippen LogP contribution in [0.1, 0.15) is 23.5 Å². The van der Waals surface area contributed by atoms with E-state index in [-0.39, 0.29) is 6.04 Å². The third-order valence-electron chi connectivity index (χ3n) is 4.12. The number of hydrogen-bond acceptors (Lipinski definition) is 6. The highest BCUT2D eigenvalue weighted by molar-refractivity contribution is 5.54. The van der Waals surface area contributed by atoms with Gasteiger partial charge in [0.25, 0.3) is 0 Å². The summed E-state index contributed by atoms with van der Waals surface area (Å²) < 4.78 is 10.9. The Hall–Kier alpha value is -2.51. The molecule has 0 saturated carbocycles. The van der Waals surface area contributed by atoms with Gasteiger partial charge in [0, 0.05) is 30.5 Å². The molecule has 1 N–H and O–H groups in total. The number of hydrogen-bond donors (Lipinski definition) is 1. The summed E-state index contributed by atoms with van der Waals surface area (Å²) in [6, 6.07) is 10.1. The molecule has 1 saturated heterocycles. The number of benzene rings is 1. The minimum Gasteiger partial charge on any atom is -0.378 e. The maximum absolute atomic E-state index is 5.59. The van der Waals surface area contributed by atoms with Crippen LogP contribution in [0.2, 0.25) is 0 Å². The average molecular weight is 325 g/mol. The summed E-state index contributed by atoms with van der Waals surface area (Å²) in [6.45, 7) is 4.62. The number of nitrogens with zero attached hydrogens (tertiary/aromatic N) is 4. The molecule has 1 fully saturated rings. The molecule has 1 atom stereocenters. The minimum atomic E-state index is -0.0246. The predicted molar refractivity (Wildman–Crippen MR) is 87.0 cm³/mol. The van der Waals surface area contributed by atoms with Gasteiger partial charge in [-0.15, -0.1) is 0 Å². The van der Waals surface area contributed by atoms with Crippen molar-refractivity contribution in [3.8, 4) is 11.4 Å². The lowest BCUT2D eigenvalue weighted by molar-refractivity contribution is -0.0245.